The molecule has 0 aromatic heterocycles. The fraction of sp³-hybridized carbons (Fsp3) is 0.381. The molecule has 0 spiro atoms. The predicted octanol–water partition coefficient (Wildman–Crippen LogP) is 2.99. The van der Waals surface area contributed by atoms with E-state index in [2.05, 4.69) is 0 Å². The SMILES string of the molecule is COc1ccc(CSC2=NC3CS(=O)(=O)CC3N2c2ccc(OC)c(OC)c2)cc1. The highest BCUT2D eigenvalue weighted by atomic mass is 32.2. The summed E-state index contributed by atoms with van der Waals surface area (Å²) in [7, 11) is 1.72. The molecular formula is C21H24N2O5S2. The Morgan fingerprint density at radius 3 is 2.40 bits per heavy atom. The van der Waals surface area contributed by atoms with Gasteiger partial charge < -0.3 is 19.1 Å². The van der Waals surface area contributed by atoms with Crippen LogP contribution in [0.5, 0.6) is 17.2 Å². The van der Waals surface area contributed by atoms with E-state index in [-0.39, 0.29) is 23.6 Å². The Hall–Kier alpha value is -2.39. The van der Waals surface area contributed by atoms with Gasteiger partial charge in [0.05, 0.1) is 44.9 Å². The minimum Gasteiger partial charge on any atom is -0.497 e. The summed E-state index contributed by atoms with van der Waals surface area (Å²) < 4.78 is 40.5. The van der Waals surface area contributed by atoms with Gasteiger partial charge in [-0.25, -0.2) is 8.42 Å². The number of rotatable bonds is 6. The molecule has 9 heteroatoms. The molecule has 0 saturated carbocycles. The van der Waals surface area contributed by atoms with Crippen molar-refractivity contribution in [1.29, 1.82) is 0 Å². The Labute approximate surface area is 181 Å². The summed E-state index contributed by atoms with van der Waals surface area (Å²) in [6.45, 7) is 0. The molecule has 2 aliphatic heterocycles. The Morgan fingerprint density at radius 2 is 1.73 bits per heavy atom. The lowest BCUT2D eigenvalue weighted by Gasteiger charge is -2.27. The van der Waals surface area contributed by atoms with E-state index in [0.29, 0.717) is 11.5 Å². The van der Waals surface area contributed by atoms with Gasteiger partial charge in [-0.3, -0.25) is 4.99 Å². The normalized spacial score (nSPS) is 21.8. The maximum Gasteiger partial charge on any atom is 0.164 e. The fourth-order valence-electron chi connectivity index (χ4n) is 3.78. The maximum atomic E-state index is 12.2. The molecular weight excluding hydrogens is 424 g/mol. The van der Waals surface area contributed by atoms with Gasteiger partial charge in [0.25, 0.3) is 0 Å². The number of ether oxygens (including phenoxy) is 3. The average molecular weight is 449 g/mol. The van der Waals surface area contributed by atoms with Crippen LogP contribution in [0.1, 0.15) is 5.56 Å². The first-order valence-corrected chi connectivity index (χ1v) is 12.3. The summed E-state index contributed by atoms with van der Waals surface area (Å²) in [5.41, 5.74) is 1.98. The molecule has 0 aliphatic carbocycles. The number of nitrogens with zero attached hydrogens (tertiary/aromatic N) is 2. The molecule has 0 amide bonds. The van der Waals surface area contributed by atoms with Gasteiger partial charge in [-0.1, -0.05) is 23.9 Å². The second kappa shape index (κ2) is 8.39. The quantitative estimate of drug-likeness (QED) is 0.672. The largest absolute Gasteiger partial charge is 0.497 e. The van der Waals surface area contributed by atoms with Crippen molar-refractivity contribution in [2.75, 3.05) is 37.7 Å². The zero-order valence-corrected chi connectivity index (χ0v) is 18.7. The van der Waals surface area contributed by atoms with Crippen LogP contribution in [0.15, 0.2) is 47.5 Å². The van der Waals surface area contributed by atoms with Crippen LogP contribution in [-0.2, 0) is 15.6 Å². The standard InChI is InChI=1S/C21H24N2O5S2/c1-26-16-7-4-14(5-8-16)11-29-21-22-17-12-30(24,25)13-18(17)23(21)15-6-9-19(27-2)20(10-15)28-3/h4-10,17-18H,11-13H2,1-3H3. The van der Waals surface area contributed by atoms with E-state index in [4.69, 9.17) is 19.2 Å². The van der Waals surface area contributed by atoms with E-state index in [1.54, 1.807) is 33.1 Å². The lowest BCUT2D eigenvalue weighted by atomic mass is 10.1. The van der Waals surface area contributed by atoms with Gasteiger partial charge >= 0.3 is 0 Å². The number of benzene rings is 2. The summed E-state index contributed by atoms with van der Waals surface area (Å²) in [4.78, 5) is 6.81. The summed E-state index contributed by atoms with van der Waals surface area (Å²) >= 11 is 1.60. The Balaban J connectivity index is 1.62. The topological polar surface area (TPSA) is 77.4 Å². The van der Waals surface area contributed by atoms with E-state index in [1.807, 2.05) is 47.4 Å². The van der Waals surface area contributed by atoms with Crippen molar-refractivity contribution in [3.8, 4) is 17.2 Å². The fourth-order valence-corrected chi connectivity index (χ4v) is 6.70. The highest BCUT2D eigenvalue weighted by Crippen LogP contribution is 2.39. The number of thioether (sulfide) groups is 1. The first-order chi connectivity index (χ1) is 14.4. The van der Waals surface area contributed by atoms with Crippen LogP contribution in [0.25, 0.3) is 0 Å². The third kappa shape index (κ3) is 4.09. The van der Waals surface area contributed by atoms with Gasteiger partial charge in [-0.2, -0.15) is 0 Å². The van der Waals surface area contributed by atoms with E-state index < -0.39 is 9.84 Å². The van der Waals surface area contributed by atoms with Gasteiger partial charge in [0.15, 0.2) is 26.5 Å². The van der Waals surface area contributed by atoms with Gasteiger partial charge in [-0.05, 0) is 29.8 Å². The average Bonchev–Trinajstić information content (AvgIpc) is 3.22. The summed E-state index contributed by atoms with van der Waals surface area (Å²) in [5, 5.41) is 0.822. The molecule has 0 radical (unpaired) electrons. The number of amidine groups is 1. The van der Waals surface area contributed by atoms with Crippen molar-refractivity contribution in [2.45, 2.75) is 17.8 Å². The molecule has 2 unspecified atom stereocenters. The van der Waals surface area contributed by atoms with Crippen molar-refractivity contribution in [1.82, 2.24) is 0 Å². The molecule has 160 valence electrons. The van der Waals surface area contributed by atoms with Crippen molar-refractivity contribution >= 4 is 32.5 Å². The highest BCUT2D eigenvalue weighted by molar-refractivity contribution is 8.13. The second-order valence-corrected chi connectivity index (χ2v) is 10.3. The maximum absolute atomic E-state index is 12.2. The van der Waals surface area contributed by atoms with Crippen LogP contribution in [0, 0.1) is 0 Å². The van der Waals surface area contributed by atoms with Crippen molar-refractivity contribution in [3.05, 3.63) is 48.0 Å². The third-order valence-electron chi connectivity index (χ3n) is 5.28. The summed E-state index contributed by atoms with van der Waals surface area (Å²) in [6.07, 6.45) is 0. The van der Waals surface area contributed by atoms with Gasteiger partial charge in [0.1, 0.15) is 5.75 Å². The molecule has 1 saturated heterocycles. The van der Waals surface area contributed by atoms with Crippen molar-refractivity contribution in [2.24, 2.45) is 4.99 Å². The zero-order valence-electron chi connectivity index (χ0n) is 17.1. The van der Waals surface area contributed by atoms with Crippen LogP contribution >= 0.6 is 11.8 Å². The molecule has 0 N–H and O–H groups in total. The van der Waals surface area contributed by atoms with E-state index >= 15 is 0 Å². The number of fused-ring (bicyclic) bond motifs is 1. The van der Waals surface area contributed by atoms with Gasteiger partial charge in [0.2, 0.25) is 0 Å². The number of anilines is 1. The van der Waals surface area contributed by atoms with Crippen LogP contribution in [0.4, 0.5) is 5.69 Å². The van der Waals surface area contributed by atoms with Crippen LogP contribution < -0.4 is 19.1 Å². The van der Waals surface area contributed by atoms with Gasteiger partial charge in [-0.15, -0.1) is 0 Å². The van der Waals surface area contributed by atoms with Crippen LogP contribution in [0.2, 0.25) is 0 Å². The molecule has 4 rings (SSSR count). The van der Waals surface area contributed by atoms with Crippen molar-refractivity contribution < 1.29 is 22.6 Å². The molecule has 2 aromatic rings. The van der Waals surface area contributed by atoms with Gasteiger partial charge in [0, 0.05) is 17.5 Å². The number of hydrogen-bond acceptors (Lipinski definition) is 8. The van der Waals surface area contributed by atoms with E-state index in [1.165, 1.54) is 0 Å². The Kier molecular flexibility index (Phi) is 5.84. The predicted molar refractivity (Wildman–Crippen MR) is 120 cm³/mol. The molecule has 2 heterocycles. The molecule has 2 aliphatic rings. The van der Waals surface area contributed by atoms with Crippen LogP contribution in [-0.4, -0.2) is 58.5 Å². The molecule has 2 atom stereocenters. The number of sulfone groups is 1. The van der Waals surface area contributed by atoms with Crippen molar-refractivity contribution in [3.63, 3.8) is 0 Å². The summed E-state index contributed by atoms with van der Waals surface area (Å²) in [6, 6.07) is 13.1. The zero-order chi connectivity index (χ0) is 21.3. The number of aliphatic imine (C=N–C) groups is 1. The Bertz CT molecular complexity index is 1050. The first-order valence-electron chi connectivity index (χ1n) is 9.49. The van der Waals surface area contributed by atoms with E-state index in [9.17, 15) is 8.42 Å². The first kappa shape index (κ1) is 20.9. The third-order valence-corrected chi connectivity index (χ3v) is 8.02. The number of methoxy groups -OCH3 is 3. The molecule has 30 heavy (non-hydrogen) atoms. The lowest BCUT2D eigenvalue weighted by molar-refractivity contribution is 0.355. The monoisotopic (exact) mass is 448 g/mol. The van der Waals surface area contributed by atoms with E-state index in [0.717, 1.165) is 27.9 Å². The molecule has 0 bridgehead atoms. The smallest absolute Gasteiger partial charge is 0.164 e. The minimum atomic E-state index is -3.10. The van der Waals surface area contributed by atoms with Crippen LogP contribution in [0.3, 0.4) is 0 Å². The molecule has 1 fully saturated rings. The number of hydrogen-bond donors (Lipinski definition) is 0. The molecule has 2 aromatic carbocycles. The highest BCUT2D eigenvalue weighted by Gasteiger charge is 2.47. The molecule has 7 nitrogen and oxygen atoms in total. The Morgan fingerprint density at radius 1 is 1.00 bits per heavy atom. The lowest BCUT2D eigenvalue weighted by Crippen LogP contribution is -2.39. The minimum absolute atomic E-state index is 0.0913. The summed E-state index contributed by atoms with van der Waals surface area (Å²) in [5.74, 6) is 2.95. The second-order valence-electron chi connectivity index (χ2n) is 7.17.